The van der Waals surface area contributed by atoms with Crippen LogP contribution in [0, 0.1) is 0 Å². The predicted octanol–water partition coefficient (Wildman–Crippen LogP) is -0.970. The summed E-state index contributed by atoms with van der Waals surface area (Å²) in [5, 5.41) is 3.78. The van der Waals surface area contributed by atoms with Crippen molar-refractivity contribution in [1.29, 1.82) is 0 Å². The van der Waals surface area contributed by atoms with Gasteiger partial charge in [0.05, 0.1) is 11.4 Å². The van der Waals surface area contributed by atoms with Crippen LogP contribution in [0.2, 0.25) is 0 Å². The molecule has 0 aromatic carbocycles. The molecule has 1 aromatic heterocycles. The Morgan fingerprint density at radius 2 is 2.54 bits per heavy atom. The number of hydrogen-bond donors (Lipinski definition) is 2. The summed E-state index contributed by atoms with van der Waals surface area (Å²) in [4.78, 5) is 14.8. The number of carbonyl (C=O) groups excluding carboxylic acids is 1. The van der Waals surface area contributed by atoms with E-state index in [0.29, 0.717) is 17.8 Å². The Morgan fingerprint density at radius 3 is 3.08 bits per heavy atom. The summed E-state index contributed by atoms with van der Waals surface area (Å²) < 4.78 is 4.77. The number of amides is 1. The summed E-state index contributed by atoms with van der Waals surface area (Å²) in [6.07, 6.45) is 3.26. The topological polar surface area (TPSA) is 93.5 Å². The largest absolute Gasteiger partial charge is 0.451 e. The molecule has 0 radical (unpaired) electrons. The lowest BCUT2D eigenvalue weighted by Crippen LogP contribution is -2.38. The summed E-state index contributed by atoms with van der Waals surface area (Å²) in [5.74, 6) is -0.279. The van der Waals surface area contributed by atoms with E-state index in [1.54, 1.807) is 0 Å². The zero-order valence-electron chi connectivity index (χ0n) is 6.73. The van der Waals surface area contributed by atoms with E-state index in [2.05, 4.69) is 15.5 Å². The van der Waals surface area contributed by atoms with Crippen LogP contribution < -0.4 is 11.2 Å². The Labute approximate surface area is 73.8 Å². The third kappa shape index (κ3) is 1.43. The van der Waals surface area contributed by atoms with Crippen molar-refractivity contribution in [3.63, 3.8) is 0 Å². The van der Waals surface area contributed by atoms with Gasteiger partial charge in [0.25, 0.3) is 5.91 Å². The highest BCUT2D eigenvalue weighted by Crippen LogP contribution is 2.03. The minimum Gasteiger partial charge on any atom is -0.451 e. The van der Waals surface area contributed by atoms with Crippen LogP contribution in [0.1, 0.15) is 5.69 Å². The van der Waals surface area contributed by atoms with E-state index in [-0.39, 0.29) is 5.91 Å². The third-order valence-corrected chi connectivity index (χ3v) is 1.80. The number of oxazole rings is 1. The molecule has 0 aliphatic carbocycles. The quantitative estimate of drug-likeness (QED) is 0.612. The summed E-state index contributed by atoms with van der Waals surface area (Å²) in [5.41, 5.74) is 9.13. The van der Waals surface area contributed by atoms with Crippen LogP contribution in [0.5, 0.6) is 0 Å². The molecule has 1 atom stereocenters. The maximum absolute atomic E-state index is 10.9. The smallest absolute Gasteiger partial charge is 0.262 e. The van der Waals surface area contributed by atoms with Crippen molar-refractivity contribution in [1.82, 2.24) is 10.4 Å². The van der Waals surface area contributed by atoms with E-state index in [9.17, 15) is 4.79 Å². The number of hydrogen-bond acceptors (Lipinski definition) is 5. The first kappa shape index (κ1) is 7.93. The first-order valence-electron chi connectivity index (χ1n) is 3.76. The molecular formula is C7H8N4O2. The number of nitrogens with zero attached hydrogens (tertiary/aromatic N) is 2. The van der Waals surface area contributed by atoms with Crippen molar-refractivity contribution in [3.05, 3.63) is 18.4 Å². The molecule has 0 bridgehead atoms. The molecule has 68 valence electrons. The second-order valence-electron chi connectivity index (χ2n) is 2.71. The second-order valence-corrected chi connectivity index (χ2v) is 2.71. The van der Waals surface area contributed by atoms with Gasteiger partial charge in [-0.1, -0.05) is 0 Å². The van der Waals surface area contributed by atoms with Gasteiger partial charge in [0.2, 0.25) is 0 Å². The van der Waals surface area contributed by atoms with E-state index < -0.39 is 6.04 Å². The number of aromatic nitrogens is 1. The number of nitrogens with two attached hydrogens (primary N) is 1. The van der Waals surface area contributed by atoms with Gasteiger partial charge in [0.1, 0.15) is 12.3 Å². The monoisotopic (exact) mass is 180 g/mol. The highest BCUT2D eigenvalue weighted by molar-refractivity contribution is 6.12. The van der Waals surface area contributed by atoms with Gasteiger partial charge in [-0.2, -0.15) is 5.10 Å². The first-order chi connectivity index (χ1) is 6.27. The molecule has 1 aliphatic heterocycles. The average Bonchev–Trinajstić information content (AvgIpc) is 2.71. The Bertz CT molecular complexity index is 343. The molecule has 6 nitrogen and oxygen atoms in total. The van der Waals surface area contributed by atoms with Crippen LogP contribution >= 0.6 is 0 Å². The number of rotatable bonds is 2. The summed E-state index contributed by atoms with van der Waals surface area (Å²) in [6.45, 7) is 0. The molecule has 6 heteroatoms. The van der Waals surface area contributed by atoms with Crippen molar-refractivity contribution in [2.75, 3.05) is 0 Å². The Morgan fingerprint density at radius 1 is 1.69 bits per heavy atom. The molecular weight excluding hydrogens is 172 g/mol. The molecule has 1 aromatic rings. The van der Waals surface area contributed by atoms with Crippen LogP contribution in [0.25, 0.3) is 0 Å². The van der Waals surface area contributed by atoms with Crippen molar-refractivity contribution < 1.29 is 9.21 Å². The van der Waals surface area contributed by atoms with E-state index in [1.807, 2.05) is 0 Å². The Hall–Kier alpha value is -1.69. The predicted molar refractivity (Wildman–Crippen MR) is 43.8 cm³/mol. The molecule has 3 N–H and O–H groups in total. The maximum Gasteiger partial charge on any atom is 0.262 e. The fourth-order valence-corrected chi connectivity index (χ4v) is 1.08. The lowest BCUT2D eigenvalue weighted by Gasteiger charge is -2.00. The summed E-state index contributed by atoms with van der Waals surface area (Å²) in [6, 6.07) is -0.656. The molecule has 0 saturated carbocycles. The molecule has 0 fully saturated rings. The second kappa shape index (κ2) is 2.98. The van der Waals surface area contributed by atoms with Gasteiger partial charge in [0, 0.05) is 6.42 Å². The van der Waals surface area contributed by atoms with Gasteiger partial charge >= 0.3 is 0 Å². The van der Waals surface area contributed by atoms with E-state index >= 15 is 0 Å². The summed E-state index contributed by atoms with van der Waals surface area (Å²) in [7, 11) is 0. The van der Waals surface area contributed by atoms with Gasteiger partial charge in [-0.25, -0.2) is 10.4 Å². The van der Waals surface area contributed by atoms with Gasteiger partial charge in [0.15, 0.2) is 6.39 Å². The van der Waals surface area contributed by atoms with Gasteiger partial charge in [-0.05, 0) is 0 Å². The molecule has 0 saturated heterocycles. The minimum atomic E-state index is -0.656. The molecule has 1 unspecified atom stereocenters. The SMILES string of the molecule is NC1C(=O)NN=C1Cc1cocn1. The molecule has 2 rings (SSSR count). The number of carbonyl (C=O) groups is 1. The van der Waals surface area contributed by atoms with Gasteiger partial charge in [-0.3, -0.25) is 4.79 Å². The van der Waals surface area contributed by atoms with Crippen molar-refractivity contribution in [2.45, 2.75) is 12.5 Å². The minimum absolute atomic E-state index is 0.279. The normalized spacial score (nSPS) is 21.5. The lowest BCUT2D eigenvalue weighted by molar-refractivity contribution is -0.120. The summed E-state index contributed by atoms with van der Waals surface area (Å²) >= 11 is 0. The number of hydrazone groups is 1. The van der Waals surface area contributed by atoms with Crippen LogP contribution in [0.15, 0.2) is 22.2 Å². The van der Waals surface area contributed by atoms with Crippen LogP contribution in [-0.4, -0.2) is 22.6 Å². The van der Waals surface area contributed by atoms with Crippen molar-refractivity contribution in [3.8, 4) is 0 Å². The zero-order chi connectivity index (χ0) is 9.26. The molecule has 13 heavy (non-hydrogen) atoms. The third-order valence-electron chi connectivity index (χ3n) is 1.80. The first-order valence-corrected chi connectivity index (χ1v) is 3.76. The highest BCUT2D eigenvalue weighted by atomic mass is 16.3. The van der Waals surface area contributed by atoms with Crippen LogP contribution in [-0.2, 0) is 11.2 Å². The molecule has 0 spiro atoms. The Balaban J connectivity index is 2.08. The van der Waals surface area contributed by atoms with Gasteiger partial charge < -0.3 is 10.2 Å². The Kier molecular flexibility index (Phi) is 1.82. The molecule has 2 heterocycles. The zero-order valence-corrected chi connectivity index (χ0v) is 6.73. The number of nitrogens with one attached hydrogen (secondary N) is 1. The standard InChI is InChI=1S/C7H8N4O2/c8-6-5(10-11-7(6)12)1-4-2-13-3-9-4/h2-3,6H,1,8H2,(H,11,12). The fourth-order valence-electron chi connectivity index (χ4n) is 1.08. The van der Waals surface area contributed by atoms with E-state index in [4.69, 9.17) is 10.2 Å². The highest BCUT2D eigenvalue weighted by Gasteiger charge is 2.26. The van der Waals surface area contributed by atoms with E-state index in [1.165, 1.54) is 12.7 Å². The van der Waals surface area contributed by atoms with Gasteiger partial charge in [-0.15, -0.1) is 0 Å². The average molecular weight is 180 g/mol. The van der Waals surface area contributed by atoms with Crippen molar-refractivity contribution in [2.24, 2.45) is 10.8 Å². The fraction of sp³-hybridized carbons (Fsp3) is 0.286. The molecule has 1 amide bonds. The van der Waals surface area contributed by atoms with Crippen LogP contribution in [0.3, 0.4) is 0 Å². The van der Waals surface area contributed by atoms with Crippen molar-refractivity contribution >= 4 is 11.6 Å². The van der Waals surface area contributed by atoms with Crippen LogP contribution in [0.4, 0.5) is 0 Å². The lowest BCUT2D eigenvalue weighted by atomic mass is 10.1. The molecule has 1 aliphatic rings. The maximum atomic E-state index is 10.9. The van der Waals surface area contributed by atoms with E-state index in [0.717, 1.165) is 0 Å².